The van der Waals surface area contributed by atoms with Gasteiger partial charge in [-0.2, -0.15) is 8.42 Å². The lowest BCUT2D eigenvalue weighted by atomic mass is 9.93. The van der Waals surface area contributed by atoms with Crippen molar-refractivity contribution in [2.24, 2.45) is 21.6 Å². The molecule has 8 nitrogen and oxygen atoms in total. The quantitative estimate of drug-likeness (QED) is 0.411. The minimum Gasteiger partial charge on any atom is -0.370 e. The molecule has 0 aliphatic carbocycles. The molecule has 182 valence electrons. The number of nitrogens with two attached hydrogens (primary N) is 3. The average Bonchev–Trinajstić information content (AvgIpc) is 3.12. The number of nitrogens with zero attached hydrogens (tertiary/aromatic N) is 2. The summed E-state index contributed by atoms with van der Waals surface area (Å²) in [5.41, 5.74) is 18.6. The zero-order chi connectivity index (χ0) is 22.3. The zero-order valence-corrected chi connectivity index (χ0v) is 19.8. The first kappa shape index (κ1) is 27.2. The normalized spacial score (nSPS) is 22.6. The van der Waals surface area contributed by atoms with E-state index >= 15 is 0 Å². The molecule has 6 N–H and O–H groups in total. The summed E-state index contributed by atoms with van der Waals surface area (Å²) in [6.45, 7) is 1.39. The van der Waals surface area contributed by atoms with Crippen molar-refractivity contribution in [1.29, 1.82) is 0 Å². The van der Waals surface area contributed by atoms with Crippen molar-refractivity contribution in [2.75, 3.05) is 6.61 Å². The van der Waals surface area contributed by atoms with Crippen LogP contribution in [0.15, 0.2) is 45.7 Å². The Morgan fingerprint density at radius 1 is 1.06 bits per heavy atom. The van der Waals surface area contributed by atoms with Crippen LogP contribution in [0, 0.1) is 11.6 Å². The summed E-state index contributed by atoms with van der Waals surface area (Å²) in [6.07, 6.45) is -0.207. The van der Waals surface area contributed by atoms with Gasteiger partial charge >= 0.3 is 0 Å². The number of fused-ring (bicyclic) bond motifs is 1. The van der Waals surface area contributed by atoms with Gasteiger partial charge in [-0.25, -0.2) is 8.78 Å². The number of rotatable bonds is 4. The van der Waals surface area contributed by atoms with Gasteiger partial charge in [0.2, 0.25) is 5.96 Å². The van der Waals surface area contributed by atoms with Crippen molar-refractivity contribution in [1.82, 2.24) is 4.90 Å². The van der Waals surface area contributed by atoms with Gasteiger partial charge < -0.3 is 21.9 Å². The lowest BCUT2D eigenvalue weighted by molar-refractivity contribution is -0.0531. The van der Waals surface area contributed by atoms with Gasteiger partial charge in [0.15, 0.2) is 0 Å². The third kappa shape index (κ3) is 5.73. The molecule has 2 aromatic carbocycles. The van der Waals surface area contributed by atoms with E-state index in [1.165, 1.54) is 6.07 Å². The fraction of sp³-hybridized carbons (Fsp3) is 0.350. The Morgan fingerprint density at radius 3 is 2.42 bits per heavy atom. The molecule has 0 aromatic heterocycles. The fourth-order valence-electron chi connectivity index (χ4n) is 4.16. The minimum absolute atomic E-state index is 0. The Labute approximate surface area is 203 Å². The summed E-state index contributed by atoms with van der Waals surface area (Å²) in [6, 6.07) is 7.44. The Hall–Kier alpha value is -2.02. The Bertz CT molecular complexity index is 1150. The molecule has 1 saturated heterocycles. The molecule has 13 heteroatoms. The van der Waals surface area contributed by atoms with Crippen LogP contribution in [0.2, 0.25) is 0 Å². The van der Waals surface area contributed by atoms with Gasteiger partial charge in [0, 0.05) is 30.7 Å². The minimum atomic E-state index is -3.97. The first-order valence-corrected chi connectivity index (χ1v) is 11.1. The molecule has 33 heavy (non-hydrogen) atoms. The van der Waals surface area contributed by atoms with Gasteiger partial charge in [-0.15, -0.1) is 29.2 Å². The van der Waals surface area contributed by atoms with Gasteiger partial charge in [-0.1, -0.05) is 6.07 Å². The molecule has 1 fully saturated rings. The molecule has 0 bridgehead atoms. The zero-order valence-electron chi connectivity index (χ0n) is 17.4. The second kappa shape index (κ2) is 10.5. The number of hydrogen-bond donors (Lipinski definition) is 3. The molecule has 0 spiro atoms. The van der Waals surface area contributed by atoms with Crippen molar-refractivity contribution in [3.8, 4) is 0 Å². The van der Waals surface area contributed by atoms with Crippen molar-refractivity contribution >= 4 is 40.8 Å². The van der Waals surface area contributed by atoms with Crippen molar-refractivity contribution < 1.29 is 21.9 Å². The van der Waals surface area contributed by atoms with Crippen molar-refractivity contribution in [2.45, 2.75) is 42.6 Å². The van der Waals surface area contributed by atoms with Gasteiger partial charge in [-0.05, 0) is 47.9 Å². The SMILES string of the molecule is Cl.Cl.NC(N)=NS(=O)(=O)c1ccc2c(c1)CN([C@H]1CO[C@H](c3cc(F)ccc3F)[C@@H](N)C1)C2. The lowest BCUT2D eigenvalue weighted by Gasteiger charge is -2.38. The number of guanidine groups is 1. The van der Waals surface area contributed by atoms with Crippen LogP contribution >= 0.6 is 24.8 Å². The molecule has 2 aliphatic heterocycles. The van der Waals surface area contributed by atoms with E-state index in [1.54, 1.807) is 12.1 Å². The maximum Gasteiger partial charge on any atom is 0.285 e. The van der Waals surface area contributed by atoms with E-state index in [9.17, 15) is 17.2 Å². The standard InChI is InChI=1S/C20H23F2N5O3S.2ClH/c21-13-2-4-17(22)16(6-13)19-18(23)7-14(10-30-19)27-8-11-1-3-15(5-12(11)9-27)31(28,29)26-20(24)25;;/h1-6,14,18-19H,7-10,23H2,(H4,24,25,26);2*1H/t14-,18+,19-;;/m1../s1. The van der Waals surface area contributed by atoms with Crippen LogP contribution in [0.5, 0.6) is 0 Å². The van der Waals surface area contributed by atoms with E-state index in [4.69, 9.17) is 21.9 Å². The maximum absolute atomic E-state index is 14.1. The number of sulfonamides is 1. The van der Waals surface area contributed by atoms with Crippen LogP contribution in [-0.2, 0) is 27.8 Å². The van der Waals surface area contributed by atoms with E-state index in [-0.39, 0.29) is 41.3 Å². The average molecular weight is 524 g/mol. The summed E-state index contributed by atoms with van der Waals surface area (Å²) in [5.74, 6) is -1.63. The lowest BCUT2D eigenvalue weighted by Crippen LogP contribution is -2.47. The van der Waals surface area contributed by atoms with Gasteiger partial charge in [0.25, 0.3) is 10.0 Å². The predicted octanol–water partition coefficient (Wildman–Crippen LogP) is 1.94. The Balaban J connectivity index is 0.00000193. The number of benzene rings is 2. The second-order valence-corrected chi connectivity index (χ2v) is 9.40. The monoisotopic (exact) mass is 523 g/mol. The molecule has 0 radical (unpaired) electrons. The summed E-state index contributed by atoms with van der Waals surface area (Å²) in [5, 5.41) is 0. The molecule has 2 aliphatic rings. The summed E-state index contributed by atoms with van der Waals surface area (Å²) >= 11 is 0. The van der Waals surface area contributed by atoms with Crippen LogP contribution in [0.1, 0.15) is 29.2 Å². The van der Waals surface area contributed by atoms with Crippen LogP contribution in [0.3, 0.4) is 0 Å². The smallest absolute Gasteiger partial charge is 0.285 e. The van der Waals surface area contributed by atoms with Crippen LogP contribution < -0.4 is 17.2 Å². The highest BCUT2D eigenvalue weighted by Gasteiger charge is 2.36. The van der Waals surface area contributed by atoms with Crippen LogP contribution in [-0.4, -0.2) is 38.0 Å². The van der Waals surface area contributed by atoms with Crippen molar-refractivity contribution in [3.05, 3.63) is 64.7 Å². The molecule has 2 heterocycles. The fourth-order valence-corrected chi connectivity index (χ4v) is 5.07. The van der Waals surface area contributed by atoms with Crippen LogP contribution in [0.25, 0.3) is 0 Å². The molecule has 0 amide bonds. The Kier molecular flexibility index (Phi) is 8.66. The third-order valence-electron chi connectivity index (χ3n) is 5.63. The van der Waals surface area contributed by atoms with E-state index in [0.29, 0.717) is 26.1 Å². The summed E-state index contributed by atoms with van der Waals surface area (Å²) < 4.78 is 61.3. The van der Waals surface area contributed by atoms with Crippen molar-refractivity contribution in [3.63, 3.8) is 0 Å². The van der Waals surface area contributed by atoms with E-state index in [2.05, 4.69) is 9.30 Å². The summed E-state index contributed by atoms with van der Waals surface area (Å²) in [7, 11) is -3.97. The van der Waals surface area contributed by atoms with Gasteiger partial charge in [0.1, 0.15) is 17.7 Å². The first-order valence-electron chi connectivity index (χ1n) is 9.68. The number of halogens is 4. The topological polar surface area (TPSA) is 137 Å². The third-order valence-corrected chi connectivity index (χ3v) is 6.93. The highest BCUT2D eigenvalue weighted by Crippen LogP contribution is 2.35. The molecule has 2 aromatic rings. The molecule has 4 rings (SSSR count). The second-order valence-electron chi connectivity index (χ2n) is 7.80. The molecule has 0 saturated carbocycles. The van der Waals surface area contributed by atoms with E-state index in [0.717, 1.165) is 29.3 Å². The largest absolute Gasteiger partial charge is 0.370 e. The van der Waals surface area contributed by atoms with Gasteiger partial charge in [-0.3, -0.25) is 4.90 Å². The predicted molar refractivity (Wildman–Crippen MR) is 125 cm³/mol. The highest BCUT2D eigenvalue weighted by molar-refractivity contribution is 7.90. The Morgan fingerprint density at radius 2 is 1.76 bits per heavy atom. The molecule has 0 unspecified atom stereocenters. The number of hydrogen-bond acceptors (Lipinski definition) is 5. The van der Waals surface area contributed by atoms with Crippen LogP contribution in [0.4, 0.5) is 8.78 Å². The maximum atomic E-state index is 14.1. The first-order chi connectivity index (χ1) is 14.6. The van der Waals surface area contributed by atoms with Gasteiger partial charge in [0.05, 0.1) is 11.5 Å². The number of ether oxygens (including phenoxy) is 1. The van der Waals surface area contributed by atoms with E-state index in [1.807, 2.05) is 0 Å². The highest BCUT2D eigenvalue weighted by atomic mass is 35.5. The van der Waals surface area contributed by atoms with E-state index < -0.39 is 39.8 Å². The summed E-state index contributed by atoms with van der Waals surface area (Å²) in [4.78, 5) is 2.14. The molecular weight excluding hydrogens is 499 g/mol. The molecular formula is C20H25Cl2F2N5O3S. The molecule has 3 atom stereocenters.